The van der Waals surface area contributed by atoms with E-state index in [1.807, 2.05) is 13.8 Å². The van der Waals surface area contributed by atoms with Crippen LogP contribution in [0, 0.1) is 12.3 Å². The van der Waals surface area contributed by atoms with Crippen molar-refractivity contribution in [1.29, 1.82) is 0 Å². The normalized spacial score (nSPS) is 20.0. The van der Waals surface area contributed by atoms with Crippen molar-refractivity contribution in [3.63, 3.8) is 0 Å². The topological polar surface area (TPSA) is 38.8 Å². The number of halogens is 10. The van der Waals surface area contributed by atoms with Gasteiger partial charge in [-0.05, 0) is 108 Å². The molecule has 0 unspecified atom stereocenters. The number of rotatable bonds is 6. The second kappa shape index (κ2) is 13.0. The molecule has 1 aliphatic heterocycles. The quantitative estimate of drug-likeness (QED) is 0.237. The van der Waals surface area contributed by atoms with Crippen LogP contribution >= 0.6 is 11.6 Å². The van der Waals surface area contributed by atoms with Crippen molar-refractivity contribution >= 4 is 23.3 Å². The van der Waals surface area contributed by atoms with E-state index in [1.54, 1.807) is 19.1 Å². The number of methoxy groups -OCH3 is 1. The van der Waals surface area contributed by atoms with E-state index in [-0.39, 0.29) is 39.9 Å². The smallest absolute Gasteiger partial charge is 0.417 e. The number of ether oxygens (including phenoxy) is 2. The lowest BCUT2D eigenvalue weighted by Gasteiger charge is -2.36. The molecule has 1 aliphatic carbocycles. The van der Waals surface area contributed by atoms with E-state index in [1.165, 1.54) is 31.1 Å². The van der Waals surface area contributed by atoms with E-state index in [4.69, 9.17) is 21.1 Å². The van der Waals surface area contributed by atoms with Gasteiger partial charge >= 0.3 is 24.6 Å². The van der Waals surface area contributed by atoms with E-state index in [0.29, 0.717) is 53.7 Å². The van der Waals surface area contributed by atoms with Crippen LogP contribution in [-0.4, -0.2) is 30.7 Å². The molecule has 5 rings (SSSR count). The van der Waals surface area contributed by atoms with Crippen molar-refractivity contribution in [2.45, 2.75) is 77.6 Å². The van der Waals surface area contributed by atoms with Crippen LogP contribution in [0.1, 0.15) is 79.5 Å². The highest BCUT2D eigenvalue weighted by molar-refractivity contribution is 6.31. The first-order chi connectivity index (χ1) is 23.0. The molecule has 14 heteroatoms. The van der Waals surface area contributed by atoms with Crippen LogP contribution in [-0.2, 0) is 23.3 Å². The van der Waals surface area contributed by atoms with Gasteiger partial charge in [-0.1, -0.05) is 37.6 Å². The molecule has 1 amide bonds. The molecule has 0 bridgehead atoms. The van der Waals surface area contributed by atoms with Gasteiger partial charge in [-0.15, -0.1) is 0 Å². The number of carbonyl (C=O) groups excluding carboxylic acids is 1. The van der Waals surface area contributed by atoms with Crippen LogP contribution in [0.4, 0.5) is 44.3 Å². The summed E-state index contributed by atoms with van der Waals surface area (Å²) in [6.07, 6.45) is -16.0. The molecule has 4 nitrogen and oxygen atoms in total. The van der Waals surface area contributed by atoms with E-state index >= 15 is 0 Å². The Balaban J connectivity index is 1.63. The molecule has 0 saturated carbocycles. The van der Waals surface area contributed by atoms with Crippen molar-refractivity contribution in [3.8, 4) is 16.9 Å². The summed E-state index contributed by atoms with van der Waals surface area (Å²) in [4.78, 5) is 14.5. The van der Waals surface area contributed by atoms with Gasteiger partial charge in [0.05, 0.1) is 29.8 Å². The predicted molar refractivity (Wildman–Crippen MR) is 170 cm³/mol. The minimum Gasteiger partial charge on any atom is -0.496 e. The Morgan fingerprint density at radius 1 is 0.900 bits per heavy atom. The van der Waals surface area contributed by atoms with Crippen molar-refractivity contribution in [2.75, 3.05) is 13.7 Å². The van der Waals surface area contributed by atoms with E-state index in [2.05, 4.69) is 0 Å². The molecule has 3 aromatic carbocycles. The van der Waals surface area contributed by atoms with Crippen LogP contribution < -0.4 is 4.74 Å². The maximum absolute atomic E-state index is 14.5. The summed E-state index contributed by atoms with van der Waals surface area (Å²) in [6, 6.07) is 7.01. The van der Waals surface area contributed by atoms with Crippen molar-refractivity contribution < 1.29 is 53.8 Å². The highest BCUT2D eigenvalue weighted by atomic mass is 35.5. The van der Waals surface area contributed by atoms with Crippen LogP contribution in [0.5, 0.6) is 5.75 Å². The number of allylic oxidation sites excluding steroid dienone is 1. The number of hydrogen-bond donors (Lipinski definition) is 0. The standard InChI is InChI=1S/C36H33ClF9NO3/c1-18-24(7-6-8-29(18)37)26-14-27(30(49-5)15-28(26)36(44,45)46)25-9-10-33(3,4)16-21(25)17-47-19(2)31(50-32(47)48)20-11-22(34(38,39)40)13-23(12-20)35(41,42)43/h6-8,11-15,19,31H,9-10,16-17H2,1-5H3/t19-,31-/m0/s1. The molecule has 1 fully saturated rings. The van der Waals surface area contributed by atoms with E-state index < -0.39 is 59.0 Å². The van der Waals surface area contributed by atoms with Crippen LogP contribution in [0.3, 0.4) is 0 Å². The SMILES string of the molecule is COc1cc(C(F)(F)F)c(-c2cccc(Cl)c2C)cc1C1=C(CN2C(=O)O[C@H](c3cc(C(F)(F)F)cc(C(F)(F)F)c3)[C@@H]2C)CC(C)(C)CC1. The Labute approximate surface area is 287 Å². The molecule has 1 saturated heterocycles. The van der Waals surface area contributed by atoms with Gasteiger partial charge < -0.3 is 9.47 Å². The Morgan fingerprint density at radius 3 is 2.08 bits per heavy atom. The third kappa shape index (κ3) is 7.43. The predicted octanol–water partition coefficient (Wildman–Crippen LogP) is 11.9. The minimum absolute atomic E-state index is 0.000494. The number of hydrogen-bond acceptors (Lipinski definition) is 3. The van der Waals surface area contributed by atoms with Gasteiger partial charge in [-0.3, -0.25) is 4.90 Å². The summed E-state index contributed by atoms with van der Waals surface area (Å²) in [5.74, 6) is -0.0634. The number of amides is 1. The molecule has 0 radical (unpaired) electrons. The van der Waals surface area contributed by atoms with Crippen LogP contribution in [0.15, 0.2) is 54.1 Å². The third-order valence-corrected chi connectivity index (χ3v) is 9.80. The van der Waals surface area contributed by atoms with Gasteiger partial charge in [0.1, 0.15) is 11.9 Å². The fraction of sp³-hybridized carbons (Fsp3) is 0.417. The summed E-state index contributed by atoms with van der Waals surface area (Å²) in [7, 11) is 1.24. The van der Waals surface area contributed by atoms with Crippen molar-refractivity contribution in [2.24, 2.45) is 5.41 Å². The lowest BCUT2D eigenvalue weighted by molar-refractivity contribution is -0.143. The molecular weight excluding hydrogens is 701 g/mol. The lowest BCUT2D eigenvalue weighted by Crippen LogP contribution is -2.35. The largest absolute Gasteiger partial charge is 0.496 e. The molecule has 50 heavy (non-hydrogen) atoms. The summed E-state index contributed by atoms with van der Waals surface area (Å²) < 4.78 is 136. The Bertz CT molecular complexity index is 1810. The zero-order chi connectivity index (χ0) is 37.1. The second-order valence-corrected chi connectivity index (χ2v) is 13.9. The summed E-state index contributed by atoms with van der Waals surface area (Å²) in [6.45, 7) is 6.87. The summed E-state index contributed by atoms with van der Waals surface area (Å²) in [5, 5.41) is 0.270. The first kappa shape index (κ1) is 37.4. The number of benzene rings is 3. The third-order valence-electron chi connectivity index (χ3n) is 9.39. The molecular formula is C36H33ClF9NO3. The monoisotopic (exact) mass is 733 g/mol. The molecule has 0 aromatic heterocycles. The molecule has 2 atom stereocenters. The summed E-state index contributed by atoms with van der Waals surface area (Å²) >= 11 is 6.30. The molecule has 3 aromatic rings. The minimum atomic E-state index is -5.10. The Morgan fingerprint density at radius 2 is 1.52 bits per heavy atom. The number of nitrogens with zero attached hydrogens (tertiary/aromatic N) is 1. The molecule has 2 aliphatic rings. The van der Waals surface area contributed by atoms with Gasteiger partial charge in [-0.25, -0.2) is 4.79 Å². The maximum Gasteiger partial charge on any atom is 0.417 e. The van der Waals surface area contributed by atoms with Gasteiger partial charge in [-0.2, -0.15) is 39.5 Å². The highest BCUT2D eigenvalue weighted by Crippen LogP contribution is 2.50. The van der Waals surface area contributed by atoms with Crippen molar-refractivity contribution in [3.05, 3.63) is 92.5 Å². The molecule has 270 valence electrons. The number of cyclic esters (lactones) is 1. The fourth-order valence-electron chi connectivity index (χ4n) is 6.74. The van der Waals surface area contributed by atoms with E-state index in [0.717, 1.165) is 6.07 Å². The fourth-order valence-corrected chi connectivity index (χ4v) is 6.91. The van der Waals surface area contributed by atoms with Crippen LogP contribution in [0.25, 0.3) is 16.7 Å². The molecule has 1 heterocycles. The Hall–Kier alpha value is -3.87. The number of alkyl halides is 9. The van der Waals surface area contributed by atoms with Gasteiger partial charge in [0.25, 0.3) is 0 Å². The molecule has 0 N–H and O–H groups in total. The second-order valence-electron chi connectivity index (χ2n) is 13.4. The Kier molecular flexibility index (Phi) is 9.74. The lowest BCUT2D eigenvalue weighted by atomic mass is 9.72. The van der Waals surface area contributed by atoms with Crippen molar-refractivity contribution in [1.82, 2.24) is 4.90 Å². The van der Waals surface area contributed by atoms with Gasteiger partial charge in [0.15, 0.2) is 0 Å². The van der Waals surface area contributed by atoms with Gasteiger partial charge in [0, 0.05) is 17.1 Å². The summed E-state index contributed by atoms with van der Waals surface area (Å²) in [5.41, 5.74) is -2.67. The van der Waals surface area contributed by atoms with Crippen LogP contribution in [0.2, 0.25) is 5.02 Å². The average molecular weight is 734 g/mol. The first-order valence-corrected chi connectivity index (χ1v) is 15.9. The number of carbonyl (C=O) groups is 1. The van der Waals surface area contributed by atoms with Gasteiger partial charge in [0.2, 0.25) is 0 Å². The molecule has 0 spiro atoms. The first-order valence-electron chi connectivity index (χ1n) is 15.5. The average Bonchev–Trinajstić information content (AvgIpc) is 3.28. The van der Waals surface area contributed by atoms with E-state index in [9.17, 15) is 44.3 Å². The zero-order valence-corrected chi connectivity index (χ0v) is 28.3. The zero-order valence-electron chi connectivity index (χ0n) is 27.6. The highest BCUT2D eigenvalue weighted by Gasteiger charge is 2.44. The maximum atomic E-state index is 14.5.